The van der Waals surface area contributed by atoms with Gasteiger partial charge in [0.05, 0.1) is 12.8 Å². The van der Waals surface area contributed by atoms with Crippen LogP contribution in [0.5, 0.6) is 5.75 Å². The summed E-state index contributed by atoms with van der Waals surface area (Å²) in [6.45, 7) is 4.19. The Morgan fingerprint density at radius 2 is 2.29 bits per heavy atom. The standard InChI is InChI=1S/C17H22N2O2/c1-11-7-12-8-16(19(11)10-12)18-17(20)14-4-5-15-13(9-14)3-2-6-21-15/h4-5,9,11-12,16H,2-3,6-8,10H2,1H3,(H,18,20). The largest absolute Gasteiger partial charge is 0.493 e. The molecular formula is C17H22N2O2. The third-order valence-electron chi connectivity index (χ3n) is 5.13. The average Bonchev–Trinajstić information content (AvgIpc) is 3.05. The van der Waals surface area contributed by atoms with Crippen LogP contribution in [0.3, 0.4) is 0 Å². The first-order valence-corrected chi connectivity index (χ1v) is 8.03. The summed E-state index contributed by atoms with van der Waals surface area (Å²) in [5.74, 6) is 1.76. The average molecular weight is 286 g/mol. The van der Waals surface area contributed by atoms with Crippen molar-refractivity contribution in [3.05, 3.63) is 29.3 Å². The minimum atomic E-state index is 0.0492. The molecule has 1 aromatic carbocycles. The number of piperidine rings is 1. The maximum absolute atomic E-state index is 12.5. The molecule has 4 heteroatoms. The zero-order chi connectivity index (χ0) is 14.4. The van der Waals surface area contributed by atoms with Crippen LogP contribution in [-0.2, 0) is 6.42 Å². The van der Waals surface area contributed by atoms with Crippen LogP contribution in [0.15, 0.2) is 18.2 Å². The fraction of sp³-hybridized carbons (Fsp3) is 0.588. The van der Waals surface area contributed by atoms with Gasteiger partial charge in [-0.05, 0) is 62.3 Å². The molecule has 2 bridgehead atoms. The number of nitrogens with one attached hydrogen (secondary N) is 1. The molecule has 0 aliphatic carbocycles. The minimum absolute atomic E-state index is 0.0492. The molecule has 3 aliphatic rings. The molecule has 1 amide bonds. The van der Waals surface area contributed by atoms with Crippen LogP contribution >= 0.6 is 0 Å². The summed E-state index contributed by atoms with van der Waals surface area (Å²) in [6.07, 6.45) is 4.64. The number of nitrogens with zero attached hydrogens (tertiary/aromatic N) is 1. The first kappa shape index (κ1) is 13.1. The number of carbonyl (C=O) groups is 1. The lowest BCUT2D eigenvalue weighted by atomic mass is 9.99. The van der Waals surface area contributed by atoms with Crippen molar-refractivity contribution in [2.24, 2.45) is 5.92 Å². The van der Waals surface area contributed by atoms with Gasteiger partial charge in [-0.2, -0.15) is 0 Å². The highest BCUT2D eigenvalue weighted by Crippen LogP contribution is 2.36. The molecule has 0 radical (unpaired) electrons. The lowest BCUT2D eigenvalue weighted by molar-refractivity contribution is 0.0849. The van der Waals surface area contributed by atoms with Crippen molar-refractivity contribution in [1.82, 2.24) is 10.2 Å². The number of rotatable bonds is 2. The van der Waals surface area contributed by atoms with Gasteiger partial charge in [0.1, 0.15) is 5.75 Å². The first-order chi connectivity index (χ1) is 10.2. The minimum Gasteiger partial charge on any atom is -0.493 e. The SMILES string of the molecule is CC1CC2CC(NC(=O)c3ccc4c(c3)CCCO4)N1C2. The fourth-order valence-electron chi connectivity index (χ4n) is 4.10. The maximum Gasteiger partial charge on any atom is 0.252 e. The summed E-state index contributed by atoms with van der Waals surface area (Å²) in [6, 6.07) is 6.42. The van der Waals surface area contributed by atoms with E-state index in [1.807, 2.05) is 18.2 Å². The van der Waals surface area contributed by atoms with Gasteiger partial charge in [0.25, 0.3) is 5.91 Å². The van der Waals surface area contributed by atoms with Crippen LogP contribution in [0.1, 0.15) is 42.1 Å². The Hall–Kier alpha value is -1.55. The van der Waals surface area contributed by atoms with E-state index in [9.17, 15) is 4.79 Å². The molecule has 4 unspecified atom stereocenters. The van der Waals surface area contributed by atoms with Gasteiger partial charge in [0.2, 0.25) is 0 Å². The molecule has 3 heterocycles. The van der Waals surface area contributed by atoms with Crippen molar-refractivity contribution in [3.63, 3.8) is 0 Å². The van der Waals surface area contributed by atoms with Gasteiger partial charge < -0.3 is 10.1 Å². The molecule has 4 nitrogen and oxygen atoms in total. The maximum atomic E-state index is 12.5. The molecule has 1 N–H and O–H groups in total. The van der Waals surface area contributed by atoms with Gasteiger partial charge in [-0.3, -0.25) is 9.69 Å². The molecule has 0 spiro atoms. The van der Waals surface area contributed by atoms with Gasteiger partial charge >= 0.3 is 0 Å². The van der Waals surface area contributed by atoms with Crippen molar-refractivity contribution in [2.45, 2.75) is 44.8 Å². The number of amides is 1. The molecule has 4 atom stereocenters. The highest BCUT2D eigenvalue weighted by Gasteiger charge is 2.42. The Kier molecular flexibility index (Phi) is 3.14. The molecule has 0 saturated carbocycles. The Labute approximate surface area is 125 Å². The first-order valence-electron chi connectivity index (χ1n) is 8.03. The summed E-state index contributed by atoms with van der Waals surface area (Å²) in [7, 11) is 0. The molecule has 3 aliphatic heterocycles. The highest BCUT2D eigenvalue weighted by molar-refractivity contribution is 5.94. The van der Waals surface area contributed by atoms with Crippen LogP contribution in [-0.4, -0.2) is 36.2 Å². The molecule has 21 heavy (non-hydrogen) atoms. The lowest BCUT2D eigenvalue weighted by Crippen LogP contribution is -2.48. The number of ether oxygens (including phenoxy) is 1. The molecule has 1 aromatic rings. The number of hydrogen-bond donors (Lipinski definition) is 1. The number of aryl methyl sites for hydroxylation is 1. The fourth-order valence-corrected chi connectivity index (χ4v) is 4.10. The summed E-state index contributed by atoms with van der Waals surface area (Å²) < 4.78 is 5.61. The molecule has 2 fully saturated rings. The van der Waals surface area contributed by atoms with Crippen LogP contribution in [0.25, 0.3) is 0 Å². The number of fused-ring (bicyclic) bond motifs is 3. The van der Waals surface area contributed by atoms with Crippen LogP contribution < -0.4 is 10.1 Å². The van der Waals surface area contributed by atoms with Crippen LogP contribution in [0.2, 0.25) is 0 Å². The summed E-state index contributed by atoms with van der Waals surface area (Å²) in [4.78, 5) is 14.9. The predicted molar refractivity (Wildman–Crippen MR) is 80.4 cm³/mol. The van der Waals surface area contributed by atoms with E-state index in [4.69, 9.17) is 4.74 Å². The van der Waals surface area contributed by atoms with E-state index in [0.29, 0.717) is 6.04 Å². The van der Waals surface area contributed by atoms with E-state index in [0.717, 1.165) is 55.2 Å². The molecule has 2 saturated heterocycles. The Bertz CT molecular complexity index is 572. The van der Waals surface area contributed by atoms with Gasteiger partial charge in [-0.1, -0.05) is 0 Å². The summed E-state index contributed by atoms with van der Waals surface area (Å²) >= 11 is 0. The van der Waals surface area contributed by atoms with Gasteiger partial charge in [-0.15, -0.1) is 0 Å². The lowest BCUT2D eigenvalue weighted by Gasteiger charge is -2.31. The number of hydrogen-bond acceptors (Lipinski definition) is 3. The smallest absolute Gasteiger partial charge is 0.252 e. The predicted octanol–water partition coefficient (Wildman–Crippen LogP) is 2.18. The van der Waals surface area contributed by atoms with Gasteiger partial charge in [-0.25, -0.2) is 0 Å². The molecular weight excluding hydrogens is 264 g/mol. The van der Waals surface area contributed by atoms with Crippen LogP contribution in [0, 0.1) is 5.92 Å². The van der Waals surface area contributed by atoms with Crippen molar-refractivity contribution in [3.8, 4) is 5.75 Å². The summed E-state index contributed by atoms with van der Waals surface area (Å²) in [5.41, 5.74) is 1.92. The van der Waals surface area contributed by atoms with Crippen molar-refractivity contribution >= 4 is 5.91 Å². The molecule has 0 aromatic heterocycles. The van der Waals surface area contributed by atoms with Gasteiger partial charge in [0.15, 0.2) is 0 Å². The van der Waals surface area contributed by atoms with E-state index in [-0.39, 0.29) is 12.1 Å². The van der Waals surface area contributed by atoms with Crippen molar-refractivity contribution in [1.29, 1.82) is 0 Å². The number of benzene rings is 1. The third kappa shape index (κ3) is 2.31. The second-order valence-corrected chi connectivity index (χ2v) is 6.65. The molecule has 4 rings (SSSR count). The van der Waals surface area contributed by atoms with E-state index in [1.165, 1.54) is 6.42 Å². The normalized spacial score (nSPS) is 33.4. The van der Waals surface area contributed by atoms with E-state index < -0.39 is 0 Å². The van der Waals surface area contributed by atoms with Crippen LogP contribution in [0.4, 0.5) is 0 Å². The Morgan fingerprint density at radius 3 is 3.10 bits per heavy atom. The second kappa shape index (κ2) is 5.02. The second-order valence-electron chi connectivity index (χ2n) is 6.65. The topological polar surface area (TPSA) is 41.6 Å². The highest BCUT2D eigenvalue weighted by atomic mass is 16.5. The zero-order valence-corrected chi connectivity index (χ0v) is 12.5. The van der Waals surface area contributed by atoms with E-state index in [2.05, 4.69) is 17.1 Å². The number of carbonyl (C=O) groups excluding carboxylic acids is 1. The molecule has 112 valence electrons. The Balaban J connectivity index is 1.48. The van der Waals surface area contributed by atoms with Gasteiger partial charge in [0, 0.05) is 18.2 Å². The Morgan fingerprint density at radius 1 is 1.38 bits per heavy atom. The van der Waals surface area contributed by atoms with E-state index in [1.54, 1.807) is 0 Å². The monoisotopic (exact) mass is 286 g/mol. The third-order valence-corrected chi connectivity index (χ3v) is 5.13. The summed E-state index contributed by atoms with van der Waals surface area (Å²) in [5, 5.41) is 3.21. The van der Waals surface area contributed by atoms with E-state index >= 15 is 0 Å². The van der Waals surface area contributed by atoms with Crippen molar-refractivity contribution < 1.29 is 9.53 Å². The quantitative estimate of drug-likeness (QED) is 0.906. The van der Waals surface area contributed by atoms with Crippen molar-refractivity contribution in [2.75, 3.05) is 13.2 Å². The zero-order valence-electron chi connectivity index (χ0n) is 12.5.